The summed E-state index contributed by atoms with van der Waals surface area (Å²) >= 11 is 0. The summed E-state index contributed by atoms with van der Waals surface area (Å²) in [5, 5.41) is 15.7. The molecule has 132 valence electrons. The molecule has 24 heavy (non-hydrogen) atoms. The SMILES string of the molecule is CC(C)=CC(=O)NCc1ccc(C(=O)NCC(C)(O)C(C)C)cc1. The van der Waals surface area contributed by atoms with E-state index in [1.54, 1.807) is 37.3 Å². The molecule has 2 amide bonds. The van der Waals surface area contributed by atoms with Crippen molar-refractivity contribution in [2.24, 2.45) is 5.92 Å². The van der Waals surface area contributed by atoms with Gasteiger partial charge in [0.25, 0.3) is 5.91 Å². The van der Waals surface area contributed by atoms with E-state index in [0.717, 1.165) is 11.1 Å². The molecule has 0 radical (unpaired) electrons. The van der Waals surface area contributed by atoms with Crippen LogP contribution in [0.3, 0.4) is 0 Å². The van der Waals surface area contributed by atoms with E-state index in [0.29, 0.717) is 12.1 Å². The van der Waals surface area contributed by atoms with Crippen molar-refractivity contribution in [2.75, 3.05) is 6.54 Å². The van der Waals surface area contributed by atoms with Crippen molar-refractivity contribution in [3.05, 3.63) is 47.0 Å². The molecule has 0 aromatic heterocycles. The van der Waals surface area contributed by atoms with Crippen LogP contribution in [-0.2, 0) is 11.3 Å². The van der Waals surface area contributed by atoms with Crippen molar-refractivity contribution in [1.29, 1.82) is 0 Å². The molecule has 1 atom stereocenters. The van der Waals surface area contributed by atoms with Crippen LogP contribution in [0.15, 0.2) is 35.9 Å². The topological polar surface area (TPSA) is 78.4 Å². The largest absolute Gasteiger partial charge is 0.388 e. The number of carbonyl (C=O) groups is 2. The van der Waals surface area contributed by atoms with Crippen LogP contribution in [0.2, 0.25) is 0 Å². The zero-order valence-electron chi connectivity index (χ0n) is 15.1. The zero-order chi connectivity index (χ0) is 18.3. The van der Waals surface area contributed by atoms with Gasteiger partial charge in [-0.15, -0.1) is 0 Å². The highest BCUT2D eigenvalue weighted by molar-refractivity contribution is 5.94. The van der Waals surface area contributed by atoms with Gasteiger partial charge in [0, 0.05) is 24.7 Å². The maximum Gasteiger partial charge on any atom is 0.251 e. The predicted molar refractivity (Wildman–Crippen MR) is 95.5 cm³/mol. The summed E-state index contributed by atoms with van der Waals surface area (Å²) in [5.41, 5.74) is 1.44. The minimum atomic E-state index is -0.940. The van der Waals surface area contributed by atoms with Gasteiger partial charge in [0.15, 0.2) is 0 Å². The highest BCUT2D eigenvalue weighted by Crippen LogP contribution is 2.14. The second-order valence-electron chi connectivity index (χ2n) is 6.83. The molecule has 0 aliphatic heterocycles. The van der Waals surface area contributed by atoms with Crippen molar-refractivity contribution >= 4 is 11.8 Å². The van der Waals surface area contributed by atoms with Gasteiger partial charge >= 0.3 is 0 Å². The first-order valence-electron chi connectivity index (χ1n) is 8.14. The Bertz CT molecular complexity index is 598. The fraction of sp³-hybridized carbons (Fsp3) is 0.474. The molecule has 0 aliphatic rings. The van der Waals surface area contributed by atoms with Crippen molar-refractivity contribution in [2.45, 2.75) is 46.8 Å². The summed E-state index contributed by atoms with van der Waals surface area (Å²) in [5.74, 6) is -0.312. The number of hydrogen-bond donors (Lipinski definition) is 3. The zero-order valence-corrected chi connectivity index (χ0v) is 15.1. The fourth-order valence-electron chi connectivity index (χ4n) is 1.84. The minimum absolute atomic E-state index is 0.0459. The van der Waals surface area contributed by atoms with E-state index in [2.05, 4.69) is 10.6 Å². The Kier molecular flexibility index (Phi) is 7.17. The van der Waals surface area contributed by atoms with Gasteiger partial charge in [0.05, 0.1) is 5.60 Å². The lowest BCUT2D eigenvalue weighted by atomic mass is 9.92. The summed E-state index contributed by atoms with van der Waals surface area (Å²) in [4.78, 5) is 23.7. The lowest BCUT2D eigenvalue weighted by Gasteiger charge is -2.27. The number of carbonyl (C=O) groups excluding carboxylic acids is 2. The third-order valence-corrected chi connectivity index (χ3v) is 3.95. The molecule has 0 bridgehead atoms. The first kappa shape index (κ1) is 19.9. The summed E-state index contributed by atoms with van der Waals surface area (Å²) in [6.45, 7) is 9.86. The van der Waals surface area contributed by atoms with Gasteiger partial charge in [0.2, 0.25) is 5.91 Å². The Morgan fingerprint density at radius 3 is 2.25 bits per heavy atom. The number of aliphatic hydroxyl groups is 1. The van der Waals surface area contributed by atoms with Crippen molar-refractivity contribution in [1.82, 2.24) is 10.6 Å². The van der Waals surface area contributed by atoms with E-state index in [4.69, 9.17) is 0 Å². The molecule has 0 spiro atoms. The average Bonchev–Trinajstić information content (AvgIpc) is 2.50. The highest BCUT2D eigenvalue weighted by atomic mass is 16.3. The Labute approximate surface area is 144 Å². The lowest BCUT2D eigenvalue weighted by molar-refractivity contribution is -0.116. The number of benzene rings is 1. The molecule has 0 heterocycles. The van der Waals surface area contributed by atoms with Crippen molar-refractivity contribution in [3.8, 4) is 0 Å². The summed E-state index contributed by atoms with van der Waals surface area (Å²) in [7, 11) is 0. The maximum absolute atomic E-state index is 12.1. The van der Waals surface area contributed by atoms with E-state index in [-0.39, 0.29) is 24.3 Å². The van der Waals surface area contributed by atoms with E-state index >= 15 is 0 Å². The molecule has 3 N–H and O–H groups in total. The van der Waals surface area contributed by atoms with Crippen LogP contribution in [0.4, 0.5) is 0 Å². The van der Waals surface area contributed by atoms with Crippen LogP contribution < -0.4 is 10.6 Å². The molecule has 1 aromatic rings. The Balaban J connectivity index is 2.56. The van der Waals surface area contributed by atoms with E-state index in [1.807, 2.05) is 27.7 Å². The van der Waals surface area contributed by atoms with Crippen LogP contribution in [0.1, 0.15) is 50.5 Å². The predicted octanol–water partition coefficient (Wildman–Crippen LogP) is 2.41. The normalized spacial score (nSPS) is 13.1. The maximum atomic E-state index is 12.1. The van der Waals surface area contributed by atoms with Crippen LogP contribution in [0, 0.1) is 5.92 Å². The molecular formula is C19H28N2O3. The second kappa shape index (κ2) is 8.64. The second-order valence-corrected chi connectivity index (χ2v) is 6.83. The Morgan fingerprint density at radius 1 is 1.17 bits per heavy atom. The van der Waals surface area contributed by atoms with Gasteiger partial charge in [0.1, 0.15) is 0 Å². The Morgan fingerprint density at radius 2 is 1.75 bits per heavy atom. The van der Waals surface area contributed by atoms with Gasteiger partial charge in [-0.2, -0.15) is 0 Å². The monoisotopic (exact) mass is 332 g/mol. The quantitative estimate of drug-likeness (QED) is 0.671. The highest BCUT2D eigenvalue weighted by Gasteiger charge is 2.25. The van der Waals surface area contributed by atoms with Gasteiger partial charge in [-0.3, -0.25) is 9.59 Å². The summed E-state index contributed by atoms with van der Waals surface area (Å²) < 4.78 is 0. The molecule has 1 rings (SSSR count). The minimum Gasteiger partial charge on any atom is -0.388 e. The van der Waals surface area contributed by atoms with Gasteiger partial charge < -0.3 is 15.7 Å². The lowest BCUT2D eigenvalue weighted by Crippen LogP contribution is -2.44. The molecule has 0 fully saturated rings. The molecule has 0 aliphatic carbocycles. The first-order chi connectivity index (χ1) is 11.1. The van der Waals surface area contributed by atoms with E-state index in [9.17, 15) is 14.7 Å². The fourth-order valence-corrected chi connectivity index (χ4v) is 1.84. The van der Waals surface area contributed by atoms with Crippen LogP contribution in [0.25, 0.3) is 0 Å². The first-order valence-corrected chi connectivity index (χ1v) is 8.14. The van der Waals surface area contributed by atoms with Gasteiger partial charge in [-0.05, 0) is 44.4 Å². The van der Waals surface area contributed by atoms with Crippen molar-refractivity contribution in [3.63, 3.8) is 0 Å². The number of allylic oxidation sites excluding steroid dienone is 1. The van der Waals surface area contributed by atoms with Gasteiger partial charge in [-0.1, -0.05) is 31.6 Å². The molecule has 1 aromatic carbocycles. The molecule has 0 saturated carbocycles. The number of hydrogen-bond acceptors (Lipinski definition) is 3. The summed E-state index contributed by atoms with van der Waals surface area (Å²) in [6.07, 6.45) is 1.54. The smallest absolute Gasteiger partial charge is 0.251 e. The molecular weight excluding hydrogens is 304 g/mol. The standard InChI is InChI=1S/C19H28N2O3/c1-13(2)10-17(22)20-11-15-6-8-16(9-7-15)18(23)21-12-19(5,24)14(3)4/h6-10,14,24H,11-12H2,1-5H3,(H,20,22)(H,21,23). The molecule has 0 saturated heterocycles. The van der Waals surface area contributed by atoms with E-state index < -0.39 is 5.60 Å². The van der Waals surface area contributed by atoms with Crippen molar-refractivity contribution < 1.29 is 14.7 Å². The number of rotatable bonds is 7. The van der Waals surface area contributed by atoms with Crippen LogP contribution >= 0.6 is 0 Å². The molecule has 5 heteroatoms. The summed E-state index contributed by atoms with van der Waals surface area (Å²) in [6, 6.07) is 7.03. The van der Waals surface area contributed by atoms with Crippen LogP contribution in [-0.4, -0.2) is 29.1 Å². The number of amides is 2. The molecule has 5 nitrogen and oxygen atoms in total. The number of nitrogens with one attached hydrogen (secondary N) is 2. The third-order valence-electron chi connectivity index (χ3n) is 3.95. The van der Waals surface area contributed by atoms with Crippen LogP contribution in [0.5, 0.6) is 0 Å². The van der Waals surface area contributed by atoms with Gasteiger partial charge in [-0.25, -0.2) is 0 Å². The average molecular weight is 332 g/mol. The Hall–Kier alpha value is -2.14. The van der Waals surface area contributed by atoms with E-state index in [1.165, 1.54) is 0 Å². The third kappa shape index (κ3) is 6.54. The molecule has 1 unspecified atom stereocenters.